The van der Waals surface area contributed by atoms with E-state index in [1.165, 1.54) is 0 Å². The number of hydrogen-bond donors (Lipinski definition) is 2. The first-order valence-electron chi connectivity index (χ1n) is 5.39. The van der Waals surface area contributed by atoms with E-state index < -0.39 is 0 Å². The highest BCUT2D eigenvalue weighted by atomic mass is 16.2. The van der Waals surface area contributed by atoms with E-state index in [0.717, 1.165) is 11.3 Å². The van der Waals surface area contributed by atoms with Crippen LogP contribution in [0.4, 0.5) is 10.5 Å². The van der Waals surface area contributed by atoms with Gasteiger partial charge in [-0.1, -0.05) is 38.1 Å². The van der Waals surface area contributed by atoms with Crippen molar-refractivity contribution >= 4 is 11.7 Å². The predicted molar refractivity (Wildman–Crippen MR) is 67.7 cm³/mol. The van der Waals surface area contributed by atoms with Crippen molar-refractivity contribution in [2.75, 3.05) is 11.9 Å². The van der Waals surface area contributed by atoms with E-state index in [4.69, 9.17) is 0 Å². The number of rotatable bonds is 4. The summed E-state index contributed by atoms with van der Waals surface area (Å²) in [7, 11) is 0. The van der Waals surface area contributed by atoms with E-state index in [1.54, 1.807) is 6.08 Å². The maximum atomic E-state index is 11.5. The van der Waals surface area contributed by atoms with E-state index in [2.05, 4.69) is 31.1 Å². The van der Waals surface area contributed by atoms with Gasteiger partial charge in [0, 0.05) is 12.2 Å². The minimum absolute atomic E-state index is 0.201. The van der Waals surface area contributed by atoms with Crippen molar-refractivity contribution in [3.05, 3.63) is 42.5 Å². The number of carbonyl (C=O) groups is 1. The normalized spacial score (nSPS) is 9.94. The number of urea groups is 1. The summed E-state index contributed by atoms with van der Waals surface area (Å²) in [5, 5.41) is 5.51. The highest BCUT2D eigenvalue weighted by Crippen LogP contribution is 2.23. The lowest BCUT2D eigenvalue weighted by atomic mass is 10.0. The fourth-order valence-electron chi connectivity index (χ4n) is 1.45. The number of carbonyl (C=O) groups excluding carboxylic acids is 1. The molecule has 0 saturated heterocycles. The second-order valence-corrected chi connectivity index (χ2v) is 3.87. The van der Waals surface area contributed by atoms with Gasteiger partial charge in [0.15, 0.2) is 0 Å². The van der Waals surface area contributed by atoms with E-state index in [-0.39, 0.29) is 6.03 Å². The molecule has 0 fully saturated rings. The second-order valence-electron chi connectivity index (χ2n) is 3.87. The van der Waals surface area contributed by atoms with Gasteiger partial charge in [-0.3, -0.25) is 0 Å². The van der Waals surface area contributed by atoms with Gasteiger partial charge in [-0.2, -0.15) is 0 Å². The van der Waals surface area contributed by atoms with Crippen molar-refractivity contribution in [3.8, 4) is 0 Å². The van der Waals surface area contributed by atoms with Crippen LogP contribution in [0, 0.1) is 0 Å². The van der Waals surface area contributed by atoms with E-state index >= 15 is 0 Å². The Morgan fingerprint density at radius 1 is 1.44 bits per heavy atom. The molecule has 0 unspecified atom stereocenters. The third-order valence-corrected chi connectivity index (χ3v) is 2.24. The summed E-state index contributed by atoms with van der Waals surface area (Å²) < 4.78 is 0. The standard InChI is InChI=1S/C13H18N2O/c1-4-9-14-13(16)15-12-8-6-5-7-11(12)10(2)3/h4-8,10H,1,9H2,2-3H3,(H2,14,15,16). The zero-order valence-corrected chi connectivity index (χ0v) is 9.79. The fourth-order valence-corrected chi connectivity index (χ4v) is 1.45. The molecule has 0 saturated carbocycles. The first kappa shape index (κ1) is 12.3. The van der Waals surface area contributed by atoms with Crippen molar-refractivity contribution in [1.29, 1.82) is 0 Å². The monoisotopic (exact) mass is 218 g/mol. The maximum absolute atomic E-state index is 11.5. The van der Waals surface area contributed by atoms with Crippen molar-refractivity contribution in [1.82, 2.24) is 5.32 Å². The Kier molecular flexibility index (Phi) is 4.58. The molecule has 3 nitrogen and oxygen atoms in total. The quantitative estimate of drug-likeness (QED) is 0.749. The molecule has 86 valence electrons. The number of anilines is 1. The smallest absolute Gasteiger partial charge is 0.319 e. The molecule has 0 heterocycles. The van der Waals surface area contributed by atoms with Crippen LogP contribution < -0.4 is 10.6 Å². The number of para-hydroxylation sites is 1. The van der Waals surface area contributed by atoms with Gasteiger partial charge in [0.1, 0.15) is 0 Å². The molecule has 16 heavy (non-hydrogen) atoms. The summed E-state index contributed by atoms with van der Waals surface area (Å²) in [4.78, 5) is 11.5. The lowest BCUT2D eigenvalue weighted by Gasteiger charge is -2.13. The minimum atomic E-state index is -0.201. The van der Waals surface area contributed by atoms with Gasteiger partial charge in [0.25, 0.3) is 0 Å². The van der Waals surface area contributed by atoms with E-state index in [9.17, 15) is 4.79 Å². The molecule has 3 heteroatoms. The van der Waals surface area contributed by atoms with Crippen molar-refractivity contribution in [3.63, 3.8) is 0 Å². The lowest BCUT2D eigenvalue weighted by molar-refractivity contribution is 0.253. The number of hydrogen-bond acceptors (Lipinski definition) is 1. The number of nitrogens with one attached hydrogen (secondary N) is 2. The molecule has 0 aliphatic carbocycles. The molecule has 1 rings (SSSR count). The van der Waals surface area contributed by atoms with Crippen LogP contribution in [-0.2, 0) is 0 Å². The van der Waals surface area contributed by atoms with Gasteiger partial charge >= 0.3 is 6.03 Å². The van der Waals surface area contributed by atoms with Crippen LogP contribution in [0.1, 0.15) is 25.3 Å². The van der Waals surface area contributed by atoms with Crippen LogP contribution in [-0.4, -0.2) is 12.6 Å². The van der Waals surface area contributed by atoms with Gasteiger partial charge in [0.05, 0.1) is 0 Å². The summed E-state index contributed by atoms with van der Waals surface area (Å²) in [6.07, 6.45) is 1.65. The minimum Gasteiger partial charge on any atom is -0.334 e. The zero-order chi connectivity index (χ0) is 12.0. The Morgan fingerprint density at radius 3 is 2.75 bits per heavy atom. The summed E-state index contributed by atoms with van der Waals surface area (Å²) in [6.45, 7) is 8.21. The Morgan fingerprint density at radius 2 is 2.12 bits per heavy atom. The molecule has 0 aromatic heterocycles. The average Bonchev–Trinajstić information content (AvgIpc) is 2.27. The fraction of sp³-hybridized carbons (Fsp3) is 0.308. The Labute approximate surface area is 96.6 Å². The van der Waals surface area contributed by atoms with Crippen LogP contribution >= 0.6 is 0 Å². The molecule has 2 N–H and O–H groups in total. The van der Waals surface area contributed by atoms with Crippen molar-refractivity contribution in [2.24, 2.45) is 0 Å². The SMILES string of the molecule is C=CCNC(=O)Nc1ccccc1C(C)C. The van der Waals surface area contributed by atoms with Gasteiger partial charge in [-0.25, -0.2) is 4.79 Å². The van der Waals surface area contributed by atoms with Crippen LogP contribution in [0.25, 0.3) is 0 Å². The Bertz CT molecular complexity index is 372. The number of amides is 2. The van der Waals surface area contributed by atoms with Crippen LogP contribution in [0.2, 0.25) is 0 Å². The Hall–Kier alpha value is -1.77. The summed E-state index contributed by atoms with van der Waals surface area (Å²) in [5.74, 6) is 0.385. The largest absolute Gasteiger partial charge is 0.334 e. The second kappa shape index (κ2) is 5.95. The molecule has 0 radical (unpaired) electrons. The highest BCUT2D eigenvalue weighted by Gasteiger charge is 2.07. The van der Waals surface area contributed by atoms with Crippen LogP contribution in [0.5, 0.6) is 0 Å². The maximum Gasteiger partial charge on any atom is 0.319 e. The molecule has 0 bridgehead atoms. The molecule has 0 spiro atoms. The van der Waals surface area contributed by atoms with Crippen molar-refractivity contribution in [2.45, 2.75) is 19.8 Å². The summed E-state index contributed by atoms with van der Waals surface area (Å²) >= 11 is 0. The predicted octanol–water partition coefficient (Wildman–Crippen LogP) is 3.12. The molecule has 2 amide bonds. The molecule has 0 aliphatic heterocycles. The molecular formula is C13H18N2O. The molecule has 1 aromatic rings. The average molecular weight is 218 g/mol. The van der Waals surface area contributed by atoms with Gasteiger partial charge in [0.2, 0.25) is 0 Å². The van der Waals surface area contributed by atoms with Gasteiger partial charge in [-0.05, 0) is 17.5 Å². The number of benzene rings is 1. The van der Waals surface area contributed by atoms with Crippen LogP contribution in [0.3, 0.4) is 0 Å². The summed E-state index contributed by atoms with van der Waals surface area (Å²) in [5.41, 5.74) is 2.00. The van der Waals surface area contributed by atoms with E-state index in [1.807, 2.05) is 24.3 Å². The van der Waals surface area contributed by atoms with Gasteiger partial charge in [-0.15, -0.1) is 6.58 Å². The highest BCUT2D eigenvalue weighted by molar-refractivity contribution is 5.90. The van der Waals surface area contributed by atoms with Crippen LogP contribution in [0.15, 0.2) is 36.9 Å². The first-order chi connectivity index (χ1) is 7.65. The van der Waals surface area contributed by atoms with E-state index in [0.29, 0.717) is 12.5 Å². The Balaban J connectivity index is 2.72. The third kappa shape index (κ3) is 3.42. The zero-order valence-electron chi connectivity index (χ0n) is 9.79. The molecule has 1 aromatic carbocycles. The van der Waals surface area contributed by atoms with Gasteiger partial charge < -0.3 is 10.6 Å². The lowest BCUT2D eigenvalue weighted by Crippen LogP contribution is -2.29. The molecule has 0 aliphatic rings. The topological polar surface area (TPSA) is 41.1 Å². The molecular weight excluding hydrogens is 200 g/mol. The molecule has 0 atom stereocenters. The third-order valence-electron chi connectivity index (χ3n) is 2.24. The first-order valence-corrected chi connectivity index (χ1v) is 5.39. The van der Waals surface area contributed by atoms with Crippen molar-refractivity contribution < 1.29 is 4.79 Å². The summed E-state index contributed by atoms with van der Waals surface area (Å²) in [6, 6.07) is 7.61.